The predicted molar refractivity (Wildman–Crippen MR) is 128 cm³/mol. The molecule has 0 aromatic heterocycles. The fourth-order valence-electron chi connectivity index (χ4n) is 4.94. The van der Waals surface area contributed by atoms with Gasteiger partial charge in [0.2, 0.25) is 5.91 Å². The number of ether oxygens (including phenoxy) is 1. The van der Waals surface area contributed by atoms with Gasteiger partial charge in [0.05, 0.1) is 6.61 Å². The lowest BCUT2D eigenvalue weighted by Crippen LogP contribution is -2.48. The van der Waals surface area contributed by atoms with Crippen LogP contribution in [-0.4, -0.2) is 73.5 Å². The maximum absolute atomic E-state index is 13.3. The van der Waals surface area contributed by atoms with E-state index < -0.39 is 23.4 Å². The second-order valence-corrected chi connectivity index (χ2v) is 8.84. The Morgan fingerprint density at radius 2 is 1.79 bits per heavy atom. The molecule has 4 amide bonds. The molecule has 5 rings (SSSR count). The molecule has 0 saturated carbocycles. The Morgan fingerprint density at radius 3 is 2.53 bits per heavy atom. The smallest absolute Gasteiger partial charge is 0.325 e. The summed E-state index contributed by atoms with van der Waals surface area (Å²) in [6, 6.07) is 14.3. The number of piperazine rings is 1. The van der Waals surface area contributed by atoms with E-state index in [9.17, 15) is 14.4 Å². The van der Waals surface area contributed by atoms with Gasteiger partial charge in [0.1, 0.15) is 12.3 Å². The summed E-state index contributed by atoms with van der Waals surface area (Å²) < 4.78 is 5.65. The number of carbonyl (C=O) groups is 3. The van der Waals surface area contributed by atoms with Crippen molar-refractivity contribution in [3.8, 4) is 5.75 Å². The number of nitrogens with zero attached hydrogens (tertiary/aromatic N) is 3. The lowest BCUT2D eigenvalue weighted by Gasteiger charge is -2.35. The van der Waals surface area contributed by atoms with Gasteiger partial charge in [-0.25, -0.2) is 4.79 Å². The second-order valence-electron chi connectivity index (χ2n) is 8.84. The van der Waals surface area contributed by atoms with Gasteiger partial charge in [0.25, 0.3) is 5.91 Å². The van der Waals surface area contributed by atoms with Crippen LogP contribution in [0.25, 0.3) is 0 Å². The van der Waals surface area contributed by atoms with Crippen LogP contribution >= 0.6 is 0 Å². The van der Waals surface area contributed by atoms with Crippen LogP contribution in [-0.2, 0) is 15.1 Å². The highest BCUT2D eigenvalue weighted by Gasteiger charge is 2.55. The molecule has 3 aliphatic heterocycles. The van der Waals surface area contributed by atoms with E-state index in [1.54, 1.807) is 18.2 Å². The van der Waals surface area contributed by atoms with Gasteiger partial charge < -0.3 is 25.2 Å². The summed E-state index contributed by atoms with van der Waals surface area (Å²) >= 11 is 0. The van der Waals surface area contributed by atoms with Gasteiger partial charge in [-0.2, -0.15) is 0 Å². The number of nitrogens with one attached hydrogen (secondary N) is 2. The van der Waals surface area contributed by atoms with E-state index in [0.717, 1.165) is 43.3 Å². The Kier molecular flexibility index (Phi) is 5.87. The van der Waals surface area contributed by atoms with Crippen LogP contribution in [0.2, 0.25) is 0 Å². The molecule has 178 valence electrons. The van der Waals surface area contributed by atoms with Crippen molar-refractivity contribution < 1.29 is 19.1 Å². The Hall–Kier alpha value is -3.59. The number of benzene rings is 2. The highest BCUT2D eigenvalue weighted by Crippen LogP contribution is 2.40. The molecule has 34 heavy (non-hydrogen) atoms. The fourth-order valence-corrected chi connectivity index (χ4v) is 4.94. The summed E-state index contributed by atoms with van der Waals surface area (Å²) in [5.41, 5.74) is 1.18. The van der Waals surface area contributed by atoms with E-state index >= 15 is 0 Å². The molecule has 0 aliphatic carbocycles. The molecule has 3 heterocycles. The van der Waals surface area contributed by atoms with Crippen molar-refractivity contribution in [2.45, 2.75) is 18.9 Å². The minimum absolute atomic E-state index is 0.308. The molecule has 2 aromatic carbocycles. The van der Waals surface area contributed by atoms with Crippen LogP contribution in [0.4, 0.5) is 16.2 Å². The Morgan fingerprint density at radius 1 is 1.06 bits per heavy atom. The molecular weight excluding hydrogens is 434 g/mol. The molecule has 0 radical (unpaired) electrons. The summed E-state index contributed by atoms with van der Waals surface area (Å²) in [5, 5.41) is 5.62. The van der Waals surface area contributed by atoms with Crippen molar-refractivity contribution in [3.63, 3.8) is 0 Å². The van der Waals surface area contributed by atoms with Crippen molar-refractivity contribution in [2.75, 3.05) is 56.1 Å². The molecule has 0 bridgehead atoms. The van der Waals surface area contributed by atoms with Crippen LogP contribution in [0.3, 0.4) is 0 Å². The number of urea groups is 1. The van der Waals surface area contributed by atoms with Crippen molar-refractivity contribution in [1.29, 1.82) is 0 Å². The molecule has 2 N–H and O–H groups in total. The maximum Gasteiger partial charge on any atom is 0.325 e. The number of rotatable bonds is 5. The Bertz CT molecular complexity index is 1100. The van der Waals surface area contributed by atoms with Gasteiger partial charge >= 0.3 is 6.03 Å². The monoisotopic (exact) mass is 463 g/mol. The molecule has 0 unspecified atom stereocenters. The van der Waals surface area contributed by atoms with Crippen LogP contribution < -0.4 is 20.3 Å². The number of imide groups is 1. The average Bonchev–Trinajstić information content (AvgIpc) is 3.09. The summed E-state index contributed by atoms with van der Waals surface area (Å²) in [5.74, 6) is -0.278. The van der Waals surface area contributed by atoms with Gasteiger partial charge in [-0.3, -0.25) is 14.5 Å². The highest BCUT2D eigenvalue weighted by atomic mass is 16.5. The first-order chi connectivity index (χ1) is 16.5. The largest absolute Gasteiger partial charge is 0.493 e. The van der Waals surface area contributed by atoms with Gasteiger partial charge in [-0.15, -0.1) is 0 Å². The summed E-state index contributed by atoms with van der Waals surface area (Å²) in [6.07, 6.45) is 0.320. The molecule has 1 spiro atoms. The summed E-state index contributed by atoms with van der Waals surface area (Å²) in [6.45, 7) is 7.23. The second kappa shape index (κ2) is 8.98. The molecule has 2 fully saturated rings. The van der Waals surface area contributed by atoms with E-state index in [4.69, 9.17) is 4.74 Å². The van der Waals surface area contributed by atoms with Crippen LogP contribution in [0.5, 0.6) is 5.75 Å². The van der Waals surface area contributed by atoms with E-state index in [1.807, 2.05) is 30.3 Å². The number of hydrogen-bond donors (Lipinski definition) is 2. The molecule has 9 heteroatoms. The van der Waals surface area contributed by atoms with Crippen molar-refractivity contribution >= 4 is 29.2 Å². The SMILES string of the molecule is CCN1CCN(c2ccc(NC(=O)CN3C(=O)N[C@@]4(CCOc5ccccc54)C3=O)cc2)CC1. The predicted octanol–water partition coefficient (Wildman–Crippen LogP) is 2.00. The zero-order valence-corrected chi connectivity index (χ0v) is 19.3. The third kappa shape index (κ3) is 3.96. The average molecular weight is 464 g/mol. The first-order valence-corrected chi connectivity index (χ1v) is 11.7. The Labute approximate surface area is 198 Å². The number of amides is 4. The molecule has 2 saturated heterocycles. The fraction of sp³-hybridized carbons (Fsp3) is 0.400. The first-order valence-electron chi connectivity index (χ1n) is 11.7. The lowest BCUT2D eigenvalue weighted by molar-refractivity contribution is -0.135. The van der Waals surface area contributed by atoms with E-state index in [0.29, 0.717) is 30.0 Å². The van der Waals surface area contributed by atoms with Gasteiger partial charge in [-0.05, 0) is 36.9 Å². The van der Waals surface area contributed by atoms with Crippen molar-refractivity contribution in [3.05, 3.63) is 54.1 Å². The molecule has 2 aromatic rings. The number of hydrogen-bond acceptors (Lipinski definition) is 6. The molecule has 3 aliphatic rings. The Balaban J connectivity index is 1.22. The minimum Gasteiger partial charge on any atom is -0.493 e. The first kappa shape index (κ1) is 22.2. The maximum atomic E-state index is 13.3. The number of anilines is 2. The minimum atomic E-state index is -1.18. The summed E-state index contributed by atoms with van der Waals surface area (Å²) in [4.78, 5) is 44.4. The van der Waals surface area contributed by atoms with E-state index in [-0.39, 0.29) is 6.54 Å². The third-order valence-electron chi connectivity index (χ3n) is 6.89. The summed E-state index contributed by atoms with van der Waals surface area (Å²) in [7, 11) is 0. The zero-order valence-electron chi connectivity index (χ0n) is 19.3. The van der Waals surface area contributed by atoms with E-state index in [1.165, 1.54) is 0 Å². The lowest BCUT2D eigenvalue weighted by atomic mass is 9.84. The zero-order chi connectivity index (χ0) is 23.7. The van der Waals surface area contributed by atoms with Crippen LogP contribution in [0.15, 0.2) is 48.5 Å². The quantitative estimate of drug-likeness (QED) is 0.659. The van der Waals surface area contributed by atoms with Gasteiger partial charge in [0.15, 0.2) is 5.54 Å². The van der Waals surface area contributed by atoms with Gasteiger partial charge in [-0.1, -0.05) is 25.1 Å². The molecule has 9 nitrogen and oxygen atoms in total. The van der Waals surface area contributed by atoms with Crippen molar-refractivity contribution in [2.24, 2.45) is 0 Å². The molecular formula is C25H29N5O4. The van der Waals surface area contributed by atoms with Gasteiger partial charge in [0, 0.05) is 49.5 Å². The van der Waals surface area contributed by atoms with Crippen molar-refractivity contribution in [1.82, 2.24) is 15.1 Å². The number of fused-ring (bicyclic) bond motifs is 2. The number of para-hydroxylation sites is 1. The standard InChI is InChI=1S/C25H29N5O4/c1-2-28-12-14-29(15-13-28)19-9-7-18(8-10-19)26-22(31)17-30-23(32)25(27-24(30)33)11-16-34-21-6-4-3-5-20(21)25/h3-10H,2,11-17H2,1H3,(H,26,31)(H,27,33)/t25-/m1/s1. The normalized spacial score (nSPS) is 22.4. The number of likely N-dealkylation sites (N-methyl/N-ethyl adjacent to an activating group) is 1. The van der Waals surface area contributed by atoms with Crippen LogP contribution in [0.1, 0.15) is 18.9 Å². The number of carbonyl (C=O) groups excluding carboxylic acids is 3. The highest BCUT2D eigenvalue weighted by molar-refractivity contribution is 6.10. The third-order valence-corrected chi connectivity index (χ3v) is 6.89. The van der Waals surface area contributed by atoms with E-state index in [2.05, 4.69) is 27.4 Å². The molecule has 1 atom stereocenters. The topological polar surface area (TPSA) is 94.2 Å². The van der Waals surface area contributed by atoms with Crippen LogP contribution in [0, 0.1) is 0 Å².